The summed E-state index contributed by atoms with van der Waals surface area (Å²) in [5.41, 5.74) is -0.132. The number of rotatable bonds is 8. The number of hydrogen-bond acceptors (Lipinski definition) is 4. The largest absolute Gasteiger partial charge is 0.481 e. The van der Waals surface area contributed by atoms with Gasteiger partial charge in [-0.15, -0.1) is 0 Å². The Hall–Kier alpha value is -2.41. The molecule has 0 heterocycles. The highest BCUT2D eigenvalue weighted by Gasteiger charge is 2.31. The molecule has 0 aliphatic heterocycles. The van der Waals surface area contributed by atoms with Gasteiger partial charge in [-0.1, -0.05) is 6.07 Å². The van der Waals surface area contributed by atoms with E-state index >= 15 is 0 Å². The van der Waals surface area contributed by atoms with Gasteiger partial charge in [-0.2, -0.15) is 0 Å². The highest BCUT2D eigenvalue weighted by molar-refractivity contribution is 5.98. The first-order valence-corrected chi connectivity index (χ1v) is 7.77. The molecule has 130 valence electrons. The minimum absolute atomic E-state index is 0.0392. The number of carbonyl (C=O) groups is 3. The third-order valence-electron chi connectivity index (χ3n) is 3.76. The topological polar surface area (TPSA) is 105 Å². The van der Waals surface area contributed by atoms with Crippen molar-refractivity contribution in [2.45, 2.75) is 31.7 Å². The number of methoxy groups -OCH3 is 1. The van der Waals surface area contributed by atoms with Crippen LogP contribution in [0.1, 0.15) is 36.5 Å². The van der Waals surface area contributed by atoms with Crippen LogP contribution in [0.4, 0.5) is 5.69 Å². The molecule has 24 heavy (non-hydrogen) atoms. The summed E-state index contributed by atoms with van der Waals surface area (Å²) < 4.78 is 5.02. The molecule has 0 radical (unpaired) electrons. The van der Waals surface area contributed by atoms with Crippen LogP contribution >= 0.6 is 0 Å². The number of ether oxygens (including phenoxy) is 1. The van der Waals surface area contributed by atoms with Crippen LogP contribution in [-0.2, 0) is 14.3 Å². The molecule has 1 aliphatic rings. The summed E-state index contributed by atoms with van der Waals surface area (Å²) in [7, 11) is 1.44. The van der Waals surface area contributed by atoms with Crippen LogP contribution in [-0.4, -0.2) is 42.1 Å². The third-order valence-corrected chi connectivity index (χ3v) is 3.76. The Morgan fingerprint density at radius 3 is 2.62 bits per heavy atom. The van der Waals surface area contributed by atoms with Gasteiger partial charge in [0.25, 0.3) is 5.91 Å². The first kappa shape index (κ1) is 17.9. The van der Waals surface area contributed by atoms with Crippen molar-refractivity contribution in [2.24, 2.45) is 5.92 Å². The van der Waals surface area contributed by atoms with Crippen LogP contribution in [0.2, 0.25) is 0 Å². The van der Waals surface area contributed by atoms with E-state index in [1.165, 1.54) is 7.11 Å². The predicted molar refractivity (Wildman–Crippen MR) is 87.8 cm³/mol. The van der Waals surface area contributed by atoms with Gasteiger partial charge in [0, 0.05) is 24.3 Å². The summed E-state index contributed by atoms with van der Waals surface area (Å²) in [5, 5.41) is 14.5. The van der Waals surface area contributed by atoms with E-state index < -0.39 is 17.4 Å². The molecule has 1 saturated carbocycles. The van der Waals surface area contributed by atoms with Crippen LogP contribution in [0, 0.1) is 5.92 Å². The number of anilines is 1. The highest BCUT2D eigenvalue weighted by Crippen LogP contribution is 2.30. The minimum atomic E-state index is -1.03. The molecule has 1 aromatic carbocycles. The summed E-state index contributed by atoms with van der Waals surface area (Å²) in [6.07, 6.45) is 1.54. The number of carboxylic acids is 1. The second kappa shape index (κ2) is 7.44. The van der Waals surface area contributed by atoms with Gasteiger partial charge in [0.2, 0.25) is 5.91 Å². The van der Waals surface area contributed by atoms with Crippen molar-refractivity contribution >= 4 is 23.5 Å². The van der Waals surface area contributed by atoms with Crippen LogP contribution in [0.5, 0.6) is 0 Å². The zero-order valence-electron chi connectivity index (χ0n) is 13.8. The molecule has 1 unspecified atom stereocenters. The Balaban J connectivity index is 2.07. The van der Waals surface area contributed by atoms with Crippen molar-refractivity contribution in [1.29, 1.82) is 0 Å². The number of benzene rings is 1. The van der Waals surface area contributed by atoms with Crippen LogP contribution in [0.15, 0.2) is 24.3 Å². The first-order chi connectivity index (χ1) is 11.3. The molecule has 1 aromatic rings. The van der Waals surface area contributed by atoms with Gasteiger partial charge in [0.15, 0.2) is 0 Å². The molecular weight excluding hydrogens is 312 g/mol. The number of hydrogen-bond donors (Lipinski definition) is 3. The van der Waals surface area contributed by atoms with Gasteiger partial charge in [-0.05, 0) is 38.0 Å². The maximum Gasteiger partial charge on any atom is 0.305 e. The highest BCUT2D eigenvalue weighted by atomic mass is 16.5. The molecule has 0 bridgehead atoms. The zero-order chi connectivity index (χ0) is 17.7. The van der Waals surface area contributed by atoms with E-state index in [0.717, 1.165) is 12.8 Å². The van der Waals surface area contributed by atoms with Gasteiger partial charge in [-0.3, -0.25) is 14.4 Å². The fourth-order valence-electron chi connectivity index (χ4n) is 2.46. The number of amides is 2. The molecule has 7 nitrogen and oxygen atoms in total. The van der Waals surface area contributed by atoms with E-state index in [0.29, 0.717) is 11.3 Å². The number of carboxylic acid groups (broad SMARTS) is 1. The van der Waals surface area contributed by atoms with Crippen LogP contribution < -0.4 is 10.6 Å². The molecule has 1 fully saturated rings. The molecule has 0 saturated heterocycles. The molecule has 1 aliphatic carbocycles. The standard InChI is InChI=1S/C17H22N2O5/c1-17(10-24-2,9-14(20)21)19-16(23)12-4-3-5-13(8-12)18-15(22)11-6-7-11/h3-5,8,11H,6-7,9-10H2,1-2H3,(H,18,22)(H,19,23)(H,20,21). The van der Waals surface area contributed by atoms with Gasteiger partial charge >= 0.3 is 5.97 Å². The van der Waals surface area contributed by atoms with Crippen molar-refractivity contribution in [3.05, 3.63) is 29.8 Å². The lowest BCUT2D eigenvalue weighted by Crippen LogP contribution is -2.50. The predicted octanol–water partition coefficient (Wildman–Crippen LogP) is 1.64. The van der Waals surface area contributed by atoms with E-state index in [2.05, 4.69) is 10.6 Å². The van der Waals surface area contributed by atoms with Gasteiger partial charge in [-0.25, -0.2) is 0 Å². The molecule has 3 N–H and O–H groups in total. The average Bonchev–Trinajstić information content (AvgIpc) is 3.31. The SMILES string of the molecule is COCC(C)(CC(=O)O)NC(=O)c1cccc(NC(=O)C2CC2)c1. The van der Waals surface area contributed by atoms with E-state index in [1.807, 2.05) is 0 Å². The minimum Gasteiger partial charge on any atom is -0.481 e. The second-order valence-electron chi connectivity index (χ2n) is 6.36. The van der Waals surface area contributed by atoms with Crippen molar-refractivity contribution in [1.82, 2.24) is 5.32 Å². The van der Waals surface area contributed by atoms with Crippen molar-refractivity contribution < 1.29 is 24.2 Å². The Morgan fingerprint density at radius 2 is 2.04 bits per heavy atom. The summed E-state index contributed by atoms with van der Waals surface area (Å²) >= 11 is 0. The summed E-state index contributed by atoms with van der Waals surface area (Å²) in [6, 6.07) is 6.56. The van der Waals surface area contributed by atoms with Gasteiger partial charge in [0.05, 0.1) is 18.6 Å². The second-order valence-corrected chi connectivity index (χ2v) is 6.36. The number of aliphatic carboxylic acids is 1. The lowest BCUT2D eigenvalue weighted by molar-refractivity contribution is -0.139. The Kier molecular flexibility index (Phi) is 5.56. The van der Waals surface area contributed by atoms with E-state index in [-0.39, 0.29) is 24.9 Å². The van der Waals surface area contributed by atoms with Gasteiger partial charge in [0.1, 0.15) is 0 Å². The normalized spacial score (nSPS) is 16.1. The summed E-state index contributed by atoms with van der Waals surface area (Å²) in [5.74, 6) is -1.41. The molecule has 0 spiro atoms. The summed E-state index contributed by atoms with van der Waals surface area (Å²) in [4.78, 5) is 35.2. The molecule has 2 amide bonds. The Labute approximate surface area is 140 Å². The fourth-order valence-corrected chi connectivity index (χ4v) is 2.46. The first-order valence-electron chi connectivity index (χ1n) is 7.77. The summed E-state index contributed by atoms with van der Waals surface area (Å²) in [6.45, 7) is 1.68. The zero-order valence-corrected chi connectivity index (χ0v) is 13.8. The Morgan fingerprint density at radius 1 is 1.33 bits per heavy atom. The van der Waals surface area contributed by atoms with Crippen molar-refractivity contribution in [2.75, 3.05) is 19.0 Å². The fraction of sp³-hybridized carbons (Fsp3) is 0.471. The maximum atomic E-state index is 12.4. The average molecular weight is 334 g/mol. The molecule has 7 heteroatoms. The van der Waals surface area contributed by atoms with E-state index in [9.17, 15) is 14.4 Å². The monoisotopic (exact) mass is 334 g/mol. The van der Waals surface area contributed by atoms with E-state index in [1.54, 1.807) is 31.2 Å². The van der Waals surface area contributed by atoms with E-state index in [4.69, 9.17) is 9.84 Å². The lowest BCUT2D eigenvalue weighted by atomic mass is 9.98. The maximum absolute atomic E-state index is 12.4. The number of carbonyl (C=O) groups excluding carboxylic acids is 2. The van der Waals surface area contributed by atoms with Crippen molar-refractivity contribution in [3.8, 4) is 0 Å². The number of nitrogens with one attached hydrogen (secondary N) is 2. The van der Waals surface area contributed by atoms with Crippen LogP contribution in [0.3, 0.4) is 0 Å². The van der Waals surface area contributed by atoms with Gasteiger partial charge < -0.3 is 20.5 Å². The quantitative estimate of drug-likeness (QED) is 0.670. The molecular formula is C17H22N2O5. The third kappa shape index (κ3) is 5.06. The molecule has 2 rings (SSSR count). The smallest absolute Gasteiger partial charge is 0.305 e. The van der Waals surface area contributed by atoms with Crippen molar-refractivity contribution in [3.63, 3.8) is 0 Å². The van der Waals surface area contributed by atoms with Crippen LogP contribution in [0.25, 0.3) is 0 Å². The Bertz CT molecular complexity index is 642. The molecule has 0 aromatic heterocycles. The molecule has 1 atom stereocenters. The lowest BCUT2D eigenvalue weighted by Gasteiger charge is -2.28.